The van der Waals surface area contributed by atoms with Crippen LogP contribution in [0.25, 0.3) is 0 Å². The van der Waals surface area contributed by atoms with Crippen molar-refractivity contribution in [1.29, 1.82) is 0 Å². The highest BCUT2D eigenvalue weighted by molar-refractivity contribution is 5.68. The molecule has 0 bridgehead atoms. The summed E-state index contributed by atoms with van der Waals surface area (Å²) in [6.07, 6.45) is -0.376. The minimum atomic E-state index is -0.443. The Kier molecular flexibility index (Phi) is 4.91. The molecule has 3 N–H and O–H groups in total. The number of nitrogens with one attached hydrogen (secondary N) is 1. The number of amides is 1. The number of nitrogens with two attached hydrogens (primary N) is 1. The van der Waals surface area contributed by atoms with E-state index < -0.39 is 5.60 Å². The molecule has 0 heterocycles. The molecular weight excluding hydrogens is 180 g/mol. The van der Waals surface area contributed by atoms with E-state index in [0.29, 0.717) is 0 Å². The van der Waals surface area contributed by atoms with Gasteiger partial charge in [0, 0.05) is 0 Å². The second-order valence-corrected chi connectivity index (χ2v) is 4.53. The zero-order valence-electron chi connectivity index (χ0n) is 9.76. The maximum Gasteiger partial charge on any atom is 0.408 e. The molecule has 0 fully saturated rings. The highest BCUT2D eigenvalue weighted by atomic mass is 16.6. The normalized spacial score (nSPS) is 15.9. The second-order valence-electron chi connectivity index (χ2n) is 4.53. The molecule has 0 aromatic rings. The van der Waals surface area contributed by atoms with Crippen LogP contribution in [0.15, 0.2) is 0 Å². The summed E-state index contributed by atoms with van der Waals surface area (Å²) in [5.41, 5.74) is -0.443. The molecule has 2 atom stereocenters. The summed E-state index contributed by atoms with van der Waals surface area (Å²) >= 11 is 0. The van der Waals surface area contributed by atoms with Crippen molar-refractivity contribution in [2.45, 2.75) is 52.3 Å². The molecule has 0 rings (SSSR count). The summed E-state index contributed by atoms with van der Waals surface area (Å²) in [4.78, 5) is 11.3. The fourth-order valence-electron chi connectivity index (χ4n) is 0.829. The summed E-state index contributed by atoms with van der Waals surface area (Å²) < 4.78 is 5.12. The van der Waals surface area contributed by atoms with Crippen molar-refractivity contribution < 1.29 is 14.8 Å². The Labute approximate surface area is 86.4 Å². The number of hydrogen-bond donors (Lipinski definition) is 2. The first-order valence-corrected chi connectivity index (χ1v) is 4.88. The standard InChI is InChI=1S/C10H22N2O2/c1-7(11-6)8(2)12-9(13)14-10(3,4)5/h7-8H,6,11H2,1-5H3,(H,12,13). The van der Waals surface area contributed by atoms with Crippen LogP contribution in [-0.2, 0) is 4.74 Å². The van der Waals surface area contributed by atoms with Gasteiger partial charge in [-0.25, -0.2) is 4.79 Å². The lowest BCUT2D eigenvalue weighted by molar-refractivity contribution is -0.632. The van der Waals surface area contributed by atoms with Gasteiger partial charge in [-0.2, -0.15) is 7.05 Å². The molecule has 4 heteroatoms. The second kappa shape index (κ2) is 5.20. The molecule has 4 nitrogen and oxygen atoms in total. The number of carbonyl (C=O) groups is 1. The molecule has 0 aromatic carbocycles. The zero-order valence-corrected chi connectivity index (χ0v) is 9.76. The van der Waals surface area contributed by atoms with E-state index in [1.54, 1.807) is 0 Å². The van der Waals surface area contributed by atoms with Crippen LogP contribution in [0.1, 0.15) is 34.6 Å². The van der Waals surface area contributed by atoms with E-state index >= 15 is 0 Å². The number of hydrogen-bond acceptors (Lipinski definition) is 2. The van der Waals surface area contributed by atoms with Gasteiger partial charge < -0.3 is 15.4 Å². The smallest absolute Gasteiger partial charge is 0.408 e. The van der Waals surface area contributed by atoms with Gasteiger partial charge in [-0.3, -0.25) is 0 Å². The van der Waals surface area contributed by atoms with E-state index in [1.807, 2.05) is 39.9 Å². The zero-order chi connectivity index (χ0) is 11.4. The molecule has 14 heavy (non-hydrogen) atoms. The fraction of sp³-hybridized carbons (Fsp3) is 0.800. The highest BCUT2D eigenvalue weighted by Gasteiger charge is 2.20. The van der Waals surface area contributed by atoms with Crippen LogP contribution < -0.4 is 10.6 Å². The summed E-state index contributed by atoms with van der Waals surface area (Å²) in [7, 11) is 3.67. The lowest BCUT2D eigenvalue weighted by atomic mass is 10.2. The molecule has 1 amide bonds. The Bertz CT molecular complexity index is 187. The van der Waals surface area contributed by atoms with Crippen LogP contribution >= 0.6 is 0 Å². The molecular formula is C10H22N2O2. The van der Waals surface area contributed by atoms with E-state index in [9.17, 15) is 4.79 Å². The molecule has 0 saturated heterocycles. The number of ether oxygens (including phenoxy) is 1. The Morgan fingerprint density at radius 2 is 1.93 bits per heavy atom. The van der Waals surface area contributed by atoms with Gasteiger partial charge in [0.2, 0.25) is 0 Å². The van der Waals surface area contributed by atoms with Crippen LogP contribution in [0.4, 0.5) is 4.79 Å². The third-order valence-corrected chi connectivity index (χ3v) is 1.90. The van der Waals surface area contributed by atoms with Gasteiger partial charge >= 0.3 is 6.09 Å². The summed E-state index contributed by atoms with van der Waals surface area (Å²) in [6, 6.07) is 0.282. The quantitative estimate of drug-likeness (QED) is 0.660. The first-order valence-electron chi connectivity index (χ1n) is 4.88. The number of carbonyl (C=O) groups excluding carboxylic acids is 1. The van der Waals surface area contributed by atoms with Gasteiger partial charge in [0.25, 0.3) is 0 Å². The summed E-state index contributed by atoms with van der Waals surface area (Å²) in [5.74, 6) is 0. The Balaban J connectivity index is 3.95. The SMILES string of the molecule is [CH2-][NH2+]C(C)C(C)NC(=O)OC(C)(C)C. The van der Waals surface area contributed by atoms with Crippen LogP contribution in [0.3, 0.4) is 0 Å². The highest BCUT2D eigenvalue weighted by Crippen LogP contribution is 2.06. The maximum atomic E-state index is 11.3. The molecule has 2 unspecified atom stereocenters. The van der Waals surface area contributed by atoms with E-state index in [2.05, 4.69) is 12.4 Å². The third-order valence-electron chi connectivity index (χ3n) is 1.90. The summed E-state index contributed by atoms with van der Waals surface area (Å²) in [6.45, 7) is 9.45. The molecule has 0 aliphatic heterocycles. The molecule has 0 aromatic heterocycles. The average molecular weight is 202 g/mol. The van der Waals surface area contributed by atoms with Crippen molar-refractivity contribution >= 4 is 6.09 Å². The predicted octanol–water partition coefficient (Wildman–Crippen LogP) is 0.643. The van der Waals surface area contributed by atoms with Crippen molar-refractivity contribution in [3.63, 3.8) is 0 Å². The minimum absolute atomic E-state index is 0.0438. The van der Waals surface area contributed by atoms with E-state index in [1.165, 1.54) is 0 Å². The van der Waals surface area contributed by atoms with Crippen LogP contribution in [0.5, 0.6) is 0 Å². The first-order chi connectivity index (χ1) is 6.26. The minimum Gasteiger partial charge on any atom is -0.475 e. The summed E-state index contributed by atoms with van der Waals surface area (Å²) in [5, 5.41) is 4.56. The van der Waals surface area contributed by atoms with Crippen molar-refractivity contribution in [2.24, 2.45) is 0 Å². The van der Waals surface area contributed by atoms with Gasteiger partial charge in [0.05, 0.1) is 12.1 Å². The van der Waals surface area contributed by atoms with Crippen molar-refractivity contribution in [3.05, 3.63) is 7.05 Å². The Morgan fingerprint density at radius 1 is 1.43 bits per heavy atom. The van der Waals surface area contributed by atoms with Crippen LogP contribution in [0, 0.1) is 7.05 Å². The first kappa shape index (κ1) is 13.2. The maximum absolute atomic E-state index is 11.3. The topological polar surface area (TPSA) is 54.9 Å². The van der Waals surface area contributed by atoms with Crippen LogP contribution in [-0.4, -0.2) is 23.8 Å². The average Bonchev–Trinajstić information content (AvgIpc) is 1.99. The lowest BCUT2D eigenvalue weighted by Crippen LogP contribution is -2.86. The Morgan fingerprint density at radius 3 is 2.29 bits per heavy atom. The van der Waals surface area contributed by atoms with Crippen LogP contribution in [0.2, 0.25) is 0 Å². The van der Waals surface area contributed by atoms with Crippen molar-refractivity contribution in [2.75, 3.05) is 0 Å². The molecule has 0 aliphatic carbocycles. The van der Waals surface area contributed by atoms with E-state index in [0.717, 1.165) is 0 Å². The molecule has 0 spiro atoms. The fourth-order valence-corrected chi connectivity index (χ4v) is 0.829. The number of quaternary nitrogens is 1. The van der Waals surface area contributed by atoms with E-state index in [-0.39, 0.29) is 18.2 Å². The van der Waals surface area contributed by atoms with Crippen molar-refractivity contribution in [3.8, 4) is 0 Å². The molecule has 0 aliphatic rings. The molecule has 84 valence electrons. The van der Waals surface area contributed by atoms with Gasteiger partial charge in [0.1, 0.15) is 5.60 Å². The van der Waals surface area contributed by atoms with Gasteiger partial charge in [-0.05, 0) is 34.6 Å². The molecule has 0 saturated carbocycles. The predicted molar refractivity (Wildman–Crippen MR) is 55.6 cm³/mol. The largest absolute Gasteiger partial charge is 0.475 e. The Hall–Kier alpha value is -0.770. The van der Waals surface area contributed by atoms with Gasteiger partial charge in [-0.15, -0.1) is 0 Å². The number of rotatable bonds is 3. The third kappa shape index (κ3) is 5.80. The monoisotopic (exact) mass is 202 g/mol. The molecule has 0 radical (unpaired) electrons. The number of alkyl carbamates (subject to hydrolysis) is 1. The van der Waals surface area contributed by atoms with Gasteiger partial charge in [0.15, 0.2) is 0 Å². The lowest BCUT2D eigenvalue weighted by Gasteiger charge is -2.24. The van der Waals surface area contributed by atoms with E-state index in [4.69, 9.17) is 4.74 Å². The van der Waals surface area contributed by atoms with Crippen molar-refractivity contribution in [1.82, 2.24) is 5.32 Å². The van der Waals surface area contributed by atoms with Gasteiger partial charge in [-0.1, -0.05) is 0 Å².